The third kappa shape index (κ3) is 12.3. The monoisotopic (exact) mass is 1090 g/mol. The van der Waals surface area contributed by atoms with Gasteiger partial charge in [-0.25, -0.2) is 0 Å². The Kier molecular flexibility index (Phi) is 17.6. The van der Waals surface area contributed by atoms with Crippen LogP contribution in [-0.4, -0.2) is 0 Å². The molecule has 0 atom stereocenters. The minimum absolute atomic E-state index is 1.02. The second-order valence-electron chi connectivity index (χ2n) is 22.6. The fourth-order valence-electron chi connectivity index (χ4n) is 12.7. The summed E-state index contributed by atoms with van der Waals surface area (Å²) in [4.78, 5) is 4.75. The van der Waals surface area contributed by atoms with Gasteiger partial charge in [-0.2, -0.15) is 0 Å². The van der Waals surface area contributed by atoms with Gasteiger partial charge in [0.25, 0.3) is 0 Å². The molecule has 0 saturated heterocycles. The molecule has 2 heteroatoms. The van der Waals surface area contributed by atoms with E-state index in [0.29, 0.717) is 0 Å². The Bertz CT molecular complexity index is 3770. The van der Waals surface area contributed by atoms with Crippen LogP contribution >= 0.6 is 0 Å². The van der Waals surface area contributed by atoms with E-state index in [1.54, 1.807) is 0 Å². The quantitative estimate of drug-likeness (QED) is 0.0589. The average Bonchev–Trinajstić information content (AvgIpc) is 2.15. The molecule has 0 saturated carbocycles. The second-order valence-corrected chi connectivity index (χ2v) is 22.6. The van der Waals surface area contributed by atoms with Crippen LogP contribution in [0.2, 0.25) is 0 Å². The van der Waals surface area contributed by atoms with Gasteiger partial charge in [-0.3, -0.25) is 0 Å². The molecule has 0 aliphatic heterocycles. The maximum Gasteiger partial charge on any atom is 0.0462 e. The van der Waals surface area contributed by atoms with E-state index < -0.39 is 0 Å². The van der Waals surface area contributed by atoms with E-state index in [0.717, 1.165) is 59.8 Å². The molecule has 12 rings (SSSR count). The van der Waals surface area contributed by atoms with Crippen molar-refractivity contribution in [1.82, 2.24) is 0 Å². The number of fused-ring (bicyclic) bond motifs is 2. The van der Waals surface area contributed by atoms with Crippen LogP contribution in [0.3, 0.4) is 0 Å². The predicted molar refractivity (Wildman–Crippen MR) is 363 cm³/mol. The van der Waals surface area contributed by atoms with Crippen LogP contribution in [0, 0.1) is 0 Å². The van der Waals surface area contributed by atoms with Crippen molar-refractivity contribution in [1.29, 1.82) is 0 Å². The lowest BCUT2D eigenvalue weighted by Crippen LogP contribution is -2.09. The number of para-hydroxylation sites is 2. The van der Waals surface area contributed by atoms with Crippen LogP contribution in [0.25, 0.3) is 77.2 Å². The van der Waals surface area contributed by atoms with Crippen LogP contribution in [-0.2, 0) is 12.8 Å². The highest BCUT2D eigenvalue weighted by atomic mass is 15.1. The highest BCUT2D eigenvalue weighted by Gasteiger charge is 2.23. The second kappa shape index (κ2) is 26.8. The molecule has 0 N–H and O–H groups in total. The summed E-state index contributed by atoms with van der Waals surface area (Å²) >= 11 is 0. The molecule has 84 heavy (non-hydrogen) atoms. The first-order chi connectivity index (χ1) is 41.6. The largest absolute Gasteiger partial charge is 0.311 e. The van der Waals surface area contributed by atoms with E-state index in [1.807, 2.05) is 0 Å². The number of nitrogens with zero attached hydrogens (tertiary/aromatic N) is 2. The zero-order chi connectivity index (χ0) is 56.9. The van der Waals surface area contributed by atoms with Gasteiger partial charge in [0.2, 0.25) is 0 Å². The van der Waals surface area contributed by atoms with E-state index in [2.05, 4.69) is 303 Å². The number of benzene rings is 12. The summed E-state index contributed by atoms with van der Waals surface area (Å²) in [5.74, 6) is 0. The zero-order valence-electron chi connectivity index (χ0n) is 48.9. The molecule has 0 spiro atoms. The maximum absolute atomic E-state index is 2.59. The van der Waals surface area contributed by atoms with Crippen molar-refractivity contribution < 1.29 is 0 Å². The summed E-state index contributed by atoms with van der Waals surface area (Å²) in [7, 11) is 0. The predicted octanol–water partition coefficient (Wildman–Crippen LogP) is 24.3. The van der Waals surface area contributed by atoms with Crippen LogP contribution in [0.4, 0.5) is 34.1 Å². The first-order valence-electron chi connectivity index (χ1n) is 31.0. The number of aryl methyl sites for hydroxylation is 2. The van der Waals surface area contributed by atoms with Gasteiger partial charge in [-0.1, -0.05) is 259 Å². The van der Waals surface area contributed by atoms with Crippen molar-refractivity contribution in [2.75, 3.05) is 9.80 Å². The highest BCUT2D eigenvalue weighted by Crippen LogP contribution is 2.47. The molecule has 0 fully saturated rings. The molecule has 0 amide bonds. The Morgan fingerprint density at radius 2 is 0.488 bits per heavy atom. The molecule has 2 nitrogen and oxygen atoms in total. The van der Waals surface area contributed by atoms with Crippen molar-refractivity contribution >= 4 is 55.7 Å². The molecule has 0 heterocycles. The summed E-state index contributed by atoms with van der Waals surface area (Å²) in [6.45, 7) is 4.63. The molecule has 0 bridgehead atoms. The van der Waals surface area contributed by atoms with Gasteiger partial charge in [0, 0.05) is 34.1 Å². The fraction of sp³-hybridized carbons (Fsp3) is 0.171. The number of anilines is 6. The van der Waals surface area contributed by atoms with E-state index in [1.165, 1.54) is 140 Å². The minimum atomic E-state index is 1.02. The molecule has 0 radical (unpaired) electrons. The highest BCUT2D eigenvalue weighted by molar-refractivity contribution is 6.14. The van der Waals surface area contributed by atoms with Crippen molar-refractivity contribution in [2.45, 2.75) is 90.9 Å². The van der Waals surface area contributed by atoms with Crippen molar-refractivity contribution in [3.8, 4) is 55.6 Å². The van der Waals surface area contributed by atoms with Gasteiger partial charge < -0.3 is 9.80 Å². The Morgan fingerprint density at radius 1 is 0.226 bits per heavy atom. The van der Waals surface area contributed by atoms with Crippen LogP contribution in [0.15, 0.2) is 279 Å². The smallest absolute Gasteiger partial charge is 0.0462 e. The van der Waals surface area contributed by atoms with Crippen LogP contribution in [0.5, 0.6) is 0 Å². The van der Waals surface area contributed by atoms with Crippen molar-refractivity contribution in [3.05, 3.63) is 290 Å². The Balaban J connectivity index is 0.962. The summed E-state index contributed by atoms with van der Waals surface area (Å²) in [5, 5.41) is 5.25. The average molecular weight is 1090 g/mol. The van der Waals surface area contributed by atoms with E-state index >= 15 is 0 Å². The summed E-state index contributed by atoms with van der Waals surface area (Å²) in [6, 6.07) is 103. The Morgan fingerprint density at radius 3 is 0.821 bits per heavy atom. The van der Waals surface area contributed by atoms with Crippen LogP contribution < -0.4 is 9.80 Å². The van der Waals surface area contributed by atoms with Gasteiger partial charge in [-0.05, 0) is 199 Å². The van der Waals surface area contributed by atoms with E-state index in [9.17, 15) is 0 Å². The molecular weight excluding hydrogens is 1010 g/mol. The van der Waals surface area contributed by atoms with Crippen LogP contribution in [0.1, 0.15) is 89.2 Å². The fourth-order valence-corrected chi connectivity index (χ4v) is 12.7. The normalized spacial score (nSPS) is 11.3. The van der Waals surface area contributed by atoms with E-state index in [4.69, 9.17) is 0 Å². The number of hydrogen-bond donors (Lipinski definition) is 0. The standard InChI is InChI=1S/C82H76N2/c1-3-5-7-9-15-33-67-59-79(65-47-55-73(56-48-65)83(69-35-21-13-22-36-69)71-51-43-63(44-52-71)61-29-17-11-18-30-61)75-39-25-27-41-77(75)81(67)82-68(34-16-10-8-6-4-2)60-80(76-40-26-28-42-78(76)82)66-49-57-74(58-50-66)84(70-37-23-14-24-38-70)72-53-45-64(46-54-72)62-31-19-12-20-32-62/h11-14,17-32,35-60H,3-10,15-16,33-34H2,1-2H3. The van der Waals surface area contributed by atoms with Gasteiger partial charge in [-0.15, -0.1) is 0 Å². The Labute approximate surface area is 499 Å². The van der Waals surface area contributed by atoms with Gasteiger partial charge >= 0.3 is 0 Å². The lowest BCUT2D eigenvalue weighted by molar-refractivity contribution is 0.631. The molecule has 0 unspecified atom stereocenters. The first-order valence-corrected chi connectivity index (χ1v) is 31.0. The first kappa shape index (κ1) is 55.3. The van der Waals surface area contributed by atoms with Crippen molar-refractivity contribution in [2.24, 2.45) is 0 Å². The third-order valence-electron chi connectivity index (χ3n) is 17.0. The third-order valence-corrected chi connectivity index (χ3v) is 17.0. The Hall–Kier alpha value is -9.24. The zero-order valence-corrected chi connectivity index (χ0v) is 48.9. The van der Waals surface area contributed by atoms with Crippen molar-refractivity contribution in [3.63, 3.8) is 0 Å². The molecule has 0 aromatic heterocycles. The minimum Gasteiger partial charge on any atom is -0.311 e. The lowest BCUT2D eigenvalue weighted by atomic mass is 9.80. The van der Waals surface area contributed by atoms with E-state index in [-0.39, 0.29) is 0 Å². The molecule has 414 valence electrons. The molecule has 0 aliphatic carbocycles. The number of hydrogen-bond acceptors (Lipinski definition) is 2. The topological polar surface area (TPSA) is 6.48 Å². The van der Waals surface area contributed by atoms with Gasteiger partial charge in [0.1, 0.15) is 0 Å². The molecular formula is C82H76N2. The molecule has 12 aromatic carbocycles. The molecule has 12 aromatic rings. The number of rotatable bonds is 23. The summed E-state index contributed by atoms with van der Waals surface area (Å²) in [5.41, 5.74) is 22.4. The van der Waals surface area contributed by atoms with Gasteiger partial charge in [0.15, 0.2) is 0 Å². The SMILES string of the molecule is CCCCCCCc1cc(-c2ccc(N(c3ccccc3)c3ccc(-c4ccccc4)cc3)cc2)c2ccccc2c1-c1c(CCCCCCC)cc(-c2ccc(N(c3ccccc3)c3ccc(-c4ccccc4)cc3)cc2)c2ccccc12. The number of unbranched alkanes of at least 4 members (excludes halogenated alkanes) is 8. The van der Waals surface area contributed by atoms with Gasteiger partial charge in [0.05, 0.1) is 0 Å². The summed E-state index contributed by atoms with van der Waals surface area (Å²) < 4.78 is 0. The maximum atomic E-state index is 2.59. The summed E-state index contributed by atoms with van der Waals surface area (Å²) in [6.07, 6.45) is 14.4. The molecule has 0 aliphatic rings. The lowest BCUT2D eigenvalue weighted by Gasteiger charge is -2.26.